The number of hydrogen-bond acceptors (Lipinski definition) is 7. The van der Waals surface area contributed by atoms with Crippen molar-refractivity contribution in [2.24, 2.45) is 22.7 Å². The van der Waals surface area contributed by atoms with Crippen LogP contribution in [0.25, 0.3) is 0 Å². The van der Waals surface area contributed by atoms with Gasteiger partial charge in [-0.1, -0.05) is 33.3 Å². The molecule has 186 valence electrons. The van der Waals surface area contributed by atoms with Crippen LogP contribution in [0.5, 0.6) is 0 Å². The normalized spacial score (nSPS) is 33.6. The van der Waals surface area contributed by atoms with Gasteiger partial charge in [0.05, 0.1) is 12.2 Å². The number of carbonyl (C=O) groups excluding carboxylic acids is 3. The van der Waals surface area contributed by atoms with Gasteiger partial charge in [0.15, 0.2) is 6.10 Å². The lowest BCUT2D eigenvalue weighted by molar-refractivity contribution is -0.155. The Morgan fingerprint density at radius 1 is 1.00 bits per heavy atom. The van der Waals surface area contributed by atoms with E-state index < -0.39 is 24.0 Å². The quantitative estimate of drug-likeness (QED) is 0.228. The minimum Gasteiger partial charge on any atom is -0.462 e. The maximum absolute atomic E-state index is 11.8. The third-order valence-electron chi connectivity index (χ3n) is 8.30. The summed E-state index contributed by atoms with van der Waals surface area (Å²) in [5.41, 5.74) is 0.987. The molecular formula is C26H40O7. The van der Waals surface area contributed by atoms with Crippen LogP contribution < -0.4 is 0 Å². The zero-order valence-corrected chi connectivity index (χ0v) is 21.0. The molecule has 0 amide bonds. The molecule has 3 rings (SSSR count). The van der Waals surface area contributed by atoms with E-state index in [2.05, 4.69) is 20.8 Å². The van der Waals surface area contributed by atoms with Gasteiger partial charge in [0.25, 0.3) is 0 Å². The van der Waals surface area contributed by atoms with E-state index >= 15 is 0 Å². The van der Waals surface area contributed by atoms with E-state index in [0.29, 0.717) is 22.8 Å². The Hall–Kier alpha value is -1.89. The fraction of sp³-hybridized carbons (Fsp3) is 0.808. The highest BCUT2D eigenvalue weighted by Crippen LogP contribution is 2.66. The average molecular weight is 465 g/mol. The lowest BCUT2D eigenvalue weighted by Crippen LogP contribution is -2.54. The van der Waals surface area contributed by atoms with E-state index in [9.17, 15) is 14.4 Å². The SMILES string of the molecule is CC(=O)OC/C(=C\C[C@H]1[C@]2(CC[C@H]3C(C)(C)CCC[C@@]31C)CO2)[C@@H](COC(C)=O)OC(C)=O. The van der Waals surface area contributed by atoms with E-state index in [1.54, 1.807) is 0 Å². The van der Waals surface area contributed by atoms with Gasteiger partial charge in [-0.3, -0.25) is 14.4 Å². The topological polar surface area (TPSA) is 91.4 Å². The summed E-state index contributed by atoms with van der Waals surface area (Å²) in [6, 6.07) is 0. The van der Waals surface area contributed by atoms with Gasteiger partial charge >= 0.3 is 17.9 Å². The first-order chi connectivity index (χ1) is 15.4. The maximum atomic E-state index is 11.8. The first kappa shape index (κ1) is 25.7. The van der Waals surface area contributed by atoms with Crippen LogP contribution in [0.1, 0.15) is 80.1 Å². The maximum Gasteiger partial charge on any atom is 0.303 e. The first-order valence-corrected chi connectivity index (χ1v) is 12.2. The second kappa shape index (κ2) is 9.77. The van der Waals surface area contributed by atoms with Crippen molar-refractivity contribution in [1.29, 1.82) is 0 Å². The van der Waals surface area contributed by atoms with Crippen molar-refractivity contribution in [2.75, 3.05) is 19.8 Å². The van der Waals surface area contributed by atoms with Crippen LogP contribution in [0, 0.1) is 22.7 Å². The zero-order chi connectivity index (χ0) is 24.4. The fourth-order valence-electron chi connectivity index (χ4n) is 6.74. The van der Waals surface area contributed by atoms with Crippen LogP contribution in [0.15, 0.2) is 11.6 Å². The van der Waals surface area contributed by atoms with E-state index in [0.717, 1.165) is 19.4 Å². The fourth-order valence-corrected chi connectivity index (χ4v) is 6.74. The van der Waals surface area contributed by atoms with Gasteiger partial charge in [-0.2, -0.15) is 0 Å². The van der Waals surface area contributed by atoms with Gasteiger partial charge in [-0.05, 0) is 54.8 Å². The predicted molar refractivity (Wildman–Crippen MR) is 122 cm³/mol. The highest BCUT2D eigenvalue weighted by Gasteiger charge is 2.64. The van der Waals surface area contributed by atoms with E-state index in [4.69, 9.17) is 18.9 Å². The molecule has 0 radical (unpaired) electrons. The largest absolute Gasteiger partial charge is 0.462 e. The second-order valence-electron chi connectivity index (χ2n) is 11.0. The Morgan fingerprint density at radius 3 is 2.24 bits per heavy atom. The molecule has 3 aliphatic rings. The molecule has 1 aliphatic heterocycles. The molecule has 0 aromatic rings. The number of fused-ring (bicyclic) bond motifs is 1. The molecule has 0 aromatic heterocycles. The summed E-state index contributed by atoms with van der Waals surface area (Å²) in [5, 5.41) is 0. The van der Waals surface area contributed by atoms with Crippen molar-refractivity contribution >= 4 is 17.9 Å². The number of esters is 3. The number of carbonyl (C=O) groups is 3. The van der Waals surface area contributed by atoms with Crippen LogP contribution in [-0.4, -0.2) is 49.4 Å². The average Bonchev–Trinajstić information content (AvgIpc) is 3.45. The standard InChI is InChI=1S/C26H40O7/c1-17(27)30-14-20(21(33-19(3)29)15-31-18(2)28)8-9-23-25(6)12-7-11-24(4,5)22(25)10-13-26(23)16-32-26/h8,21-23H,7,9-16H2,1-6H3/b20-8+/t21-,22+,23-,25+,26+/m1/s1. The van der Waals surface area contributed by atoms with E-state index in [1.807, 2.05) is 6.08 Å². The summed E-state index contributed by atoms with van der Waals surface area (Å²) in [4.78, 5) is 34.7. The van der Waals surface area contributed by atoms with Crippen LogP contribution in [0.4, 0.5) is 0 Å². The smallest absolute Gasteiger partial charge is 0.303 e. The van der Waals surface area contributed by atoms with Crippen molar-refractivity contribution < 1.29 is 33.3 Å². The van der Waals surface area contributed by atoms with Gasteiger partial charge in [0, 0.05) is 26.3 Å². The summed E-state index contributed by atoms with van der Waals surface area (Å²) in [7, 11) is 0. The summed E-state index contributed by atoms with van der Waals surface area (Å²) in [5.74, 6) is -0.426. The Labute approximate surface area is 197 Å². The van der Waals surface area contributed by atoms with Crippen molar-refractivity contribution in [1.82, 2.24) is 0 Å². The van der Waals surface area contributed by atoms with Crippen LogP contribution in [0.3, 0.4) is 0 Å². The Morgan fingerprint density at radius 2 is 1.67 bits per heavy atom. The number of allylic oxidation sites excluding steroid dienone is 1. The Bertz CT molecular complexity index is 794. The molecule has 1 heterocycles. The van der Waals surface area contributed by atoms with Crippen LogP contribution >= 0.6 is 0 Å². The first-order valence-electron chi connectivity index (χ1n) is 12.2. The minimum atomic E-state index is -0.795. The van der Waals surface area contributed by atoms with Crippen molar-refractivity contribution in [3.8, 4) is 0 Å². The molecule has 2 saturated carbocycles. The lowest BCUT2D eigenvalue weighted by Gasteiger charge is -2.59. The van der Waals surface area contributed by atoms with Crippen LogP contribution in [-0.2, 0) is 33.3 Å². The number of rotatable bonds is 8. The summed E-state index contributed by atoms with van der Waals surface area (Å²) in [6.07, 6.45) is 7.85. The molecule has 1 spiro atoms. The highest BCUT2D eigenvalue weighted by molar-refractivity contribution is 5.68. The third-order valence-corrected chi connectivity index (χ3v) is 8.30. The highest BCUT2D eigenvalue weighted by atomic mass is 16.6. The molecular weight excluding hydrogens is 424 g/mol. The van der Waals surface area contributed by atoms with Crippen molar-refractivity contribution in [3.63, 3.8) is 0 Å². The molecule has 33 heavy (non-hydrogen) atoms. The Balaban J connectivity index is 1.89. The summed E-state index contributed by atoms with van der Waals surface area (Å²) >= 11 is 0. The second-order valence-corrected chi connectivity index (χ2v) is 11.0. The molecule has 0 unspecified atom stereocenters. The van der Waals surface area contributed by atoms with E-state index in [1.165, 1.54) is 46.5 Å². The van der Waals surface area contributed by atoms with Gasteiger partial charge in [-0.15, -0.1) is 0 Å². The summed E-state index contributed by atoms with van der Waals surface area (Å²) in [6.45, 7) is 11.8. The molecule has 2 aliphatic carbocycles. The molecule has 3 fully saturated rings. The number of hydrogen-bond donors (Lipinski definition) is 0. The Kier molecular flexibility index (Phi) is 7.62. The number of ether oxygens (including phenoxy) is 4. The molecule has 5 atom stereocenters. The van der Waals surface area contributed by atoms with Gasteiger partial charge in [0.1, 0.15) is 13.2 Å². The minimum absolute atomic E-state index is 0.0131. The van der Waals surface area contributed by atoms with Crippen LogP contribution in [0.2, 0.25) is 0 Å². The monoisotopic (exact) mass is 464 g/mol. The predicted octanol–water partition coefficient (Wildman–Crippen LogP) is 4.37. The molecule has 7 nitrogen and oxygen atoms in total. The van der Waals surface area contributed by atoms with Crippen molar-refractivity contribution in [2.45, 2.75) is 91.8 Å². The molecule has 0 bridgehead atoms. The van der Waals surface area contributed by atoms with Gasteiger partial charge in [0.2, 0.25) is 0 Å². The molecule has 1 saturated heterocycles. The lowest BCUT2D eigenvalue weighted by atomic mass is 9.46. The summed E-state index contributed by atoms with van der Waals surface area (Å²) < 4.78 is 22.0. The van der Waals surface area contributed by atoms with E-state index in [-0.39, 0.29) is 24.2 Å². The third kappa shape index (κ3) is 5.79. The van der Waals surface area contributed by atoms with Crippen molar-refractivity contribution in [3.05, 3.63) is 11.6 Å². The molecule has 0 N–H and O–H groups in total. The van der Waals surface area contributed by atoms with Gasteiger partial charge < -0.3 is 18.9 Å². The van der Waals surface area contributed by atoms with Gasteiger partial charge in [-0.25, -0.2) is 0 Å². The molecule has 0 aromatic carbocycles. The number of epoxide rings is 1. The zero-order valence-electron chi connectivity index (χ0n) is 21.0. The molecule has 7 heteroatoms.